The molecule has 0 spiro atoms. The summed E-state index contributed by atoms with van der Waals surface area (Å²) in [4.78, 5) is 14.8. The first-order chi connectivity index (χ1) is 7.13. The Kier molecular flexibility index (Phi) is 4.30. The lowest BCUT2D eigenvalue weighted by Gasteiger charge is -1.98. The molecule has 1 aromatic rings. The van der Waals surface area contributed by atoms with Crippen LogP contribution in [0.2, 0.25) is 0 Å². The van der Waals surface area contributed by atoms with Crippen molar-refractivity contribution in [2.75, 3.05) is 7.11 Å². The molecule has 0 unspecified atom stereocenters. The van der Waals surface area contributed by atoms with Gasteiger partial charge < -0.3 is 9.84 Å². The molecular formula is C10H10BrNO3. The summed E-state index contributed by atoms with van der Waals surface area (Å²) in [6.07, 6.45) is 3.31. The number of halogens is 1. The van der Waals surface area contributed by atoms with Crippen LogP contribution in [0.4, 0.5) is 0 Å². The molecule has 0 aliphatic carbocycles. The first-order valence-electron chi connectivity index (χ1n) is 4.22. The average Bonchev–Trinajstić information content (AvgIpc) is 2.23. The summed E-state index contributed by atoms with van der Waals surface area (Å²) in [5.41, 5.74) is 0.410. The van der Waals surface area contributed by atoms with E-state index in [0.29, 0.717) is 10.3 Å². The number of rotatable bonds is 3. The van der Waals surface area contributed by atoms with Gasteiger partial charge in [0.25, 0.3) is 0 Å². The summed E-state index contributed by atoms with van der Waals surface area (Å²) in [7, 11) is 1.32. The minimum Gasteiger partial charge on any atom is -0.506 e. The van der Waals surface area contributed by atoms with Crippen molar-refractivity contribution in [1.82, 2.24) is 4.98 Å². The van der Waals surface area contributed by atoms with Gasteiger partial charge in [-0.2, -0.15) is 0 Å². The molecule has 1 aromatic heterocycles. The van der Waals surface area contributed by atoms with Crippen molar-refractivity contribution in [3.63, 3.8) is 0 Å². The first kappa shape index (κ1) is 11.7. The zero-order valence-corrected chi connectivity index (χ0v) is 9.69. The highest BCUT2D eigenvalue weighted by Gasteiger charge is 2.00. The first-order valence-corrected chi connectivity index (χ1v) is 5.01. The average molecular weight is 272 g/mol. The maximum atomic E-state index is 10.8. The van der Waals surface area contributed by atoms with E-state index in [4.69, 9.17) is 0 Å². The van der Waals surface area contributed by atoms with E-state index < -0.39 is 0 Å². The maximum absolute atomic E-state index is 10.8. The van der Waals surface area contributed by atoms with Crippen molar-refractivity contribution < 1.29 is 14.6 Å². The Bertz CT molecular complexity index is 390. The third-order valence-corrected chi connectivity index (χ3v) is 2.10. The predicted molar refractivity (Wildman–Crippen MR) is 59.3 cm³/mol. The lowest BCUT2D eigenvalue weighted by molar-refractivity contribution is -0.139. The van der Waals surface area contributed by atoms with Gasteiger partial charge in [0.1, 0.15) is 16.0 Å². The molecule has 0 fully saturated rings. The molecule has 0 saturated heterocycles. The molecule has 1 rings (SSSR count). The van der Waals surface area contributed by atoms with Crippen molar-refractivity contribution in [1.29, 1.82) is 0 Å². The van der Waals surface area contributed by atoms with E-state index in [0.717, 1.165) is 0 Å². The van der Waals surface area contributed by atoms with Crippen molar-refractivity contribution in [2.24, 2.45) is 0 Å². The highest BCUT2D eigenvalue weighted by atomic mass is 79.9. The number of ether oxygens (including phenoxy) is 1. The lowest BCUT2D eigenvalue weighted by atomic mass is 10.3. The maximum Gasteiger partial charge on any atom is 0.309 e. The number of carbonyl (C=O) groups excluding carboxylic acids is 1. The molecule has 0 bridgehead atoms. The third kappa shape index (κ3) is 3.71. The van der Waals surface area contributed by atoms with Crippen molar-refractivity contribution >= 4 is 28.0 Å². The molecular weight excluding hydrogens is 262 g/mol. The van der Waals surface area contributed by atoms with Crippen LogP contribution in [0.25, 0.3) is 6.08 Å². The van der Waals surface area contributed by atoms with Gasteiger partial charge in [-0.15, -0.1) is 0 Å². The second-order valence-electron chi connectivity index (χ2n) is 2.72. The SMILES string of the molecule is COC(=O)CC=Cc1nc(Br)ccc1O. The molecule has 0 aliphatic heterocycles. The molecule has 0 atom stereocenters. The van der Waals surface area contributed by atoms with E-state index in [9.17, 15) is 9.90 Å². The number of methoxy groups -OCH3 is 1. The summed E-state index contributed by atoms with van der Waals surface area (Å²) in [5, 5.41) is 9.41. The molecule has 1 N–H and O–H groups in total. The van der Waals surface area contributed by atoms with Gasteiger partial charge in [0.2, 0.25) is 0 Å². The van der Waals surface area contributed by atoms with Gasteiger partial charge in [-0.05, 0) is 34.1 Å². The zero-order chi connectivity index (χ0) is 11.3. The number of hydrogen-bond donors (Lipinski definition) is 1. The summed E-state index contributed by atoms with van der Waals surface area (Å²) in [5.74, 6) is -0.264. The van der Waals surface area contributed by atoms with Gasteiger partial charge in [-0.3, -0.25) is 4.79 Å². The summed E-state index contributed by atoms with van der Waals surface area (Å²) in [6.45, 7) is 0. The molecule has 15 heavy (non-hydrogen) atoms. The van der Waals surface area contributed by atoms with E-state index in [-0.39, 0.29) is 18.1 Å². The molecule has 0 aromatic carbocycles. The molecule has 4 nitrogen and oxygen atoms in total. The van der Waals surface area contributed by atoms with Crippen LogP contribution in [0.1, 0.15) is 12.1 Å². The van der Waals surface area contributed by atoms with Gasteiger partial charge in [-0.1, -0.05) is 6.08 Å². The fourth-order valence-electron chi connectivity index (χ4n) is 0.915. The van der Waals surface area contributed by atoms with E-state index in [2.05, 4.69) is 25.7 Å². The molecule has 0 amide bonds. The van der Waals surface area contributed by atoms with Crippen molar-refractivity contribution in [3.8, 4) is 5.75 Å². The van der Waals surface area contributed by atoms with Crippen LogP contribution in [0.5, 0.6) is 5.75 Å². The second kappa shape index (κ2) is 5.50. The van der Waals surface area contributed by atoms with Crippen LogP contribution in [-0.2, 0) is 9.53 Å². The molecule has 0 aliphatic rings. The molecule has 0 radical (unpaired) electrons. The van der Waals surface area contributed by atoms with Crippen LogP contribution in [0.3, 0.4) is 0 Å². The Labute approximate surface area is 95.7 Å². The number of hydrogen-bond acceptors (Lipinski definition) is 4. The zero-order valence-electron chi connectivity index (χ0n) is 8.11. The standard InChI is InChI=1S/C10H10BrNO3/c1-15-10(14)4-2-3-7-8(13)5-6-9(11)12-7/h2-3,5-6,13H,4H2,1H3. The number of carbonyl (C=O) groups is 1. The van der Waals surface area contributed by atoms with E-state index in [1.165, 1.54) is 13.2 Å². The topological polar surface area (TPSA) is 59.4 Å². The number of aromatic hydroxyl groups is 1. The third-order valence-electron chi connectivity index (χ3n) is 1.66. The minimum absolute atomic E-state index is 0.0688. The number of esters is 1. The Balaban J connectivity index is 2.71. The number of aromatic nitrogens is 1. The van der Waals surface area contributed by atoms with Crippen molar-refractivity contribution in [3.05, 3.63) is 28.5 Å². The number of pyridine rings is 1. The van der Waals surface area contributed by atoms with Gasteiger partial charge in [-0.25, -0.2) is 4.98 Å². The molecule has 1 heterocycles. The molecule has 80 valence electrons. The normalized spacial score (nSPS) is 10.5. The van der Waals surface area contributed by atoms with Crippen LogP contribution >= 0.6 is 15.9 Å². The fourth-order valence-corrected chi connectivity index (χ4v) is 1.24. The monoisotopic (exact) mass is 271 g/mol. The second-order valence-corrected chi connectivity index (χ2v) is 3.53. The van der Waals surface area contributed by atoms with E-state index in [1.807, 2.05) is 0 Å². The summed E-state index contributed by atoms with van der Waals surface area (Å²) >= 11 is 3.18. The van der Waals surface area contributed by atoms with E-state index >= 15 is 0 Å². The minimum atomic E-state index is -0.333. The molecule has 0 saturated carbocycles. The van der Waals surface area contributed by atoms with Gasteiger partial charge >= 0.3 is 5.97 Å². The highest BCUT2D eigenvalue weighted by Crippen LogP contribution is 2.19. The smallest absolute Gasteiger partial charge is 0.309 e. The molecule has 5 heteroatoms. The van der Waals surface area contributed by atoms with Gasteiger partial charge in [0.15, 0.2) is 0 Å². The number of nitrogens with zero attached hydrogens (tertiary/aromatic N) is 1. The largest absolute Gasteiger partial charge is 0.506 e. The predicted octanol–water partition coefficient (Wildman–Crippen LogP) is 2.13. The van der Waals surface area contributed by atoms with Gasteiger partial charge in [0, 0.05) is 0 Å². The quantitative estimate of drug-likeness (QED) is 0.676. The lowest BCUT2D eigenvalue weighted by Crippen LogP contribution is -1.96. The Hall–Kier alpha value is -1.36. The van der Waals surface area contributed by atoms with Crippen LogP contribution < -0.4 is 0 Å². The highest BCUT2D eigenvalue weighted by molar-refractivity contribution is 9.10. The fraction of sp³-hybridized carbons (Fsp3) is 0.200. The Morgan fingerprint density at radius 1 is 1.67 bits per heavy atom. The van der Waals surface area contributed by atoms with E-state index in [1.54, 1.807) is 18.2 Å². The summed E-state index contributed by atoms with van der Waals surface area (Å²) < 4.78 is 5.08. The van der Waals surface area contributed by atoms with Crippen LogP contribution in [0.15, 0.2) is 22.8 Å². The Morgan fingerprint density at radius 3 is 3.07 bits per heavy atom. The summed E-state index contributed by atoms with van der Waals surface area (Å²) in [6, 6.07) is 3.15. The van der Waals surface area contributed by atoms with Gasteiger partial charge in [0.05, 0.1) is 13.5 Å². The van der Waals surface area contributed by atoms with Crippen LogP contribution in [-0.4, -0.2) is 23.2 Å². The Morgan fingerprint density at radius 2 is 2.40 bits per heavy atom. The van der Waals surface area contributed by atoms with Crippen LogP contribution in [0, 0.1) is 0 Å². The van der Waals surface area contributed by atoms with Crippen molar-refractivity contribution in [2.45, 2.75) is 6.42 Å².